The molecule has 0 unspecified atom stereocenters. The molecule has 2 aromatic heterocycles. The second kappa shape index (κ2) is 8.74. The summed E-state index contributed by atoms with van der Waals surface area (Å²) in [6.45, 7) is 3.78. The van der Waals surface area contributed by atoms with Crippen molar-refractivity contribution in [1.82, 2.24) is 24.7 Å². The minimum Gasteiger partial charge on any atom is -0.423 e. The van der Waals surface area contributed by atoms with Gasteiger partial charge < -0.3 is 15.0 Å². The van der Waals surface area contributed by atoms with E-state index in [9.17, 15) is 4.39 Å². The smallest absolute Gasteiger partial charge is 0.326 e. The third-order valence-corrected chi connectivity index (χ3v) is 6.39. The van der Waals surface area contributed by atoms with Crippen LogP contribution < -0.4 is 15.0 Å². The van der Waals surface area contributed by atoms with E-state index in [0.717, 1.165) is 43.6 Å². The van der Waals surface area contributed by atoms with Crippen LogP contribution in [-0.4, -0.2) is 43.9 Å². The zero-order valence-electron chi connectivity index (χ0n) is 17.5. The lowest BCUT2D eigenvalue weighted by molar-refractivity contribution is 0.374. The summed E-state index contributed by atoms with van der Waals surface area (Å²) in [7, 11) is 0. The predicted octanol–water partition coefficient (Wildman–Crippen LogP) is 4.55. The SMILES string of the molecule is Cc1cc(N2C[C@H]3CC[C@@H](C2)[C@H]3Nc2nc(Oc3ccccc3Cl)n(/C=C/F)n2)ncn1. The Kier molecular flexibility index (Phi) is 5.65. The first kappa shape index (κ1) is 20.7. The molecule has 1 aliphatic carbocycles. The summed E-state index contributed by atoms with van der Waals surface area (Å²) in [5.74, 6) is 2.66. The monoisotopic (exact) mass is 455 g/mol. The number of para-hydroxylation sites is 1. The second-order valence-electron chi connectivity index (χ2n) is 8.16. The van der Waals surface area contributed by atoms with Gasteiger partial charge in [0, 0.05) is 30.9 Å². The topological polar surface area (TPSA) is 81.0 Å². The van der Waals surface area contributed by atoms with Crippen LogP contribution in [-0.2, 0) is 0 Å². The summed E-state index contributed by atoms with van der Waals surface area (Å²) < 4.78 is 20.0. The van der Waals surface area contributed by atoms with E-state index < -0.39 is 0 Å². The van der Waals surface area contributed by atoms with Crippen molar-refractivity contribution in [2.24, 2.45) is 11.8 Å². The fourth-order valence-corrected chi connectivity index (χ4v) is 4.80. The molecule has 2 fully saturated rings. The summed E-state index contributed by atoms with van der Waals surface area (Å²) in [4.78, 5) is 15.4. The average molecular weight is 456 g/mol. The fraction of sp³-hybridized carbons (Fsp3) is 0.364. The van der Waals surface area contributed by atoms with Gasteiger partial charge in [0.25, 0.3) is 0 Å². The molecule has 3 atom stereocenters. The molecule has 2 aliphatic rings. The number of rotatable bonds is 6. The summed E-state index contributed by atoms with van der Waals surface area (Å²) in [5, 5.41) is 8.28. The van der Waals surface area contributed by atoms with Crippen LogP contribution in [0.25, 0.3) is 6.20 Å². The quantitative estimate of drug-likeness (QED) is 0.584. The molecule has 166 valence electrons. The van der Waals surface area contributed by atoms with E-state index in [1.165, 1.54) is 4.68 Å². The lowest BCUT2D eigenvalue weighted by Crippen LogP contribution is -2.48. The minimum atomic E-state index is 0.135. The van der Waals surface area contributed by atoms with Crippen LogP contribution >= 0.6 is 11.6 Å². The van der Waals surface area contributed by atoms with E-state index in [-0.39, 0.29) is 12.1 Å². The highest BCUT2D eigenvalue weighted by molar-refractivity contribution is 6.32. The number of ether oxygens (including phenoxy) is 1. The molecule has 1 aromatic carbocycles. The maximum atomic E-state index is 12.9. The summed E-state index contributed by atoms with van der Waals surface area (Å²) >= 11 is 6.18. The molecule has 32 heavy (non-hydrogen) atoms. The van der Waals surface area contributed by atoms with Crippen molar-refractivity contribution in [3.05, 3.63) is 53.7 Å². The Morgan fingerprint density at radius 3 is 2.69 bits per heavy atom. The number of nitrogens with one attached hydrogen (secondary N) is 1. The standard InChI is InChI=1S/C22H23ClFN7O/c1-14-10-19(26-13-25-14)30-11-15-6-7-16(12-30)20(15)27-21-28-22(31(29-21)9-8-24)32-18-5-3-2-4-17(18)23/h2-5,8-10,13,15-16,20H,6-7,11-12H2,1H3,(H,27,29)/b9-8+/t15-,16+,20+. The zero-order chi connectivity index (χ0) is 22.1. The van der Waals surface area contributed by atoms with Gasteiger partial charge in [-0.15, -0.1) is 5.10 Å². The Bertz CT molecular complexity index is 1120. The molecule has 0 spiro atoms. The zero-order valence-corrected chi connectivity index (χ0v) is 18.3. The summed E-state index contributed by atoms with van der Waals surface area (Å²) in [5.41, 5.74) is 0.962. The van der Waals surface area contributed by atoms with Crippen LogP contribution in [0.4, 0.5) is 16.2 Å². The Morgan fingerprint density at radius 1 is 1.19 bits per heavy atom. The number of aryl methyl sites for hydroxylation is 1. The van der Waals surface area contributed by atoms with Gasteiger partial charge in [0.2, 0.25) is 5.95 Å². The first-order chi connectivity index (χ1) is 15.6. The van der Waals surface area contributed by atoms with E-state index in [0.29, 0.717) is 34.9 Å². The van der Waals surface area contributed by atoms with Gasteiger partial charge in [-0.3, -0.25) is 0 Å². The molecule has 5 rings (SSSR count). The Hall–Kier alpha value is -3.20. The molecule has 2 bridgehead atoms. The maximum Gasteiger partial charge on any atom is 0.326 e. The van der Waals surface area contributed by atoms with Crippen LogP contribution in [0.1, 0.15) is 18.5 Å². The highest BCUT2D eigenvalue weighted by atomic mass is 35.5. The first-order valence-electron chi connectivity index (χ1n) is 10.6. The van der Waals surface area contributed by atoms with Gasteiger partial charge in [0.15, 0.2) is 0 Å². The Morgan fingerprint density at radius 2 is 1.97 bits per heavy atom. The van der Waals surface area contributed by atoms with Gasteiger partial charge in [-0.25, -0.2) is 14.4 Å². The third-order valence-electron chi connectivity index (χ3n) is 6.08. The highest BCUT2D eigenvalue weighted by Gasteiger charge is 2.43. The number of piperidine rings is 1. The molecule has 1 saturated heterocycles. The number of benzene rings is 1. The minimum absolute atomic E-state index is 0.135. The van der Waals surface area contributed by atoms with E-state index >= 15 is 0 Å². The van der Waals surface area contributed by atoms with Crippen molar-refractivity contribution in [3.63, 3.8) is 0 Å². The number of fused-ring (bicyclic) bond motifs is 2. The maximum absolute atomic E-state index is 12.9. The highest BCUT2D eigenvalue weighted by Crippen LogP contribution is 2.40. The van der Waals surface area contributed by atoms with Crippen molar-refractivity contribution >= 4 is 29.6 Å². The molecule has 1 aliphatic heterocycles. The van der Waals surface area contributed by atoms with Crippen LogP contribution in [0.2, 0.25) is 5.02 Å². The number of nitrogens with zero attached hydrogens (tertiary/aromatic N) is 6. The van der Waals surface area contributed by atoms with Crippen LogP contribution in [0.3, 0.4) is 0 Å². The van der Waals surface area contributed by atoms with Gasteiger partial charge in [-0.1, -0.05) is 23.7 Å². The van der Waals surface area contributed by atoms with Gasteiger partial charge in [0.05, 0.1) is 11.2 Å². The third kappa shape index (κ3) is 4.12. The lowest BCUT2D eigenvalue weighted by atomic mass is 9.92. The molecule has 3 heterocycles. The number of aromatic nitrogens is 5. The van der Waals surface area contributed by atoms with Crippen molar-refractivity contribution in [1.29, 1.82) is 0 Å². The van der Waals surface area contributed by atoms with E-state index in [1.54, 1.807) is 30.6 Å². The van der Waals surface area contributed by atoms with Crippen LogP contribution in [0, 0.1) is 18.8 Å². The van der Waals surface area contributed by atoms with Crippen molar-refractivity contribution in [3.8, 4) is 11.8 Å². The molecule has 1 N–H and O–H groups in total. The fourth-order valence-electron chi connectivity index (χ4n) is 4.62. The number of hydrogen-bond donors (Lipinski definition) is 1. The number of anilines is 2. The molecule has 1 saturated carbocycles. The van der Waals surface area contributed by atoms with Gasteiger partial charge >= 0.3 is 6.01 Å². The lowest BCUT2D eigenvalue weighted by Gasteiger charge is -2.38. The normalized spacial score (nSPS) is 22.5. The molecule has 8 nitrogen and oxygen atoms in total. The van der Waals surface area contributed by atoms with Gasteiger partial charge in [0.1, 0.15) is 24.2 Å². The van der Waals surface area contributed by atoms with Gasteiger partial charge in [-0.05, 0) is 43.7 Å². The van der Waals surface area contributed by atoms with Crippen molar-refractivity contribution < 1.29 is 9.13 Å². The van der Waals surface area contributed by atoms with Crippen LogP contribution in [0.5, 0.6) is 11.8 Å². The molecular weight excluding hydrogens is 433 g/mol. The number of hydrogen-bond acceptors (Lipinski definition) is 7. The van der Waals surface area contributed by atoms with E-state index in [4.69, 9.17) is 16.3 Å². The molecule has 0 amide bonds. The predicted molar refractivity (Wildman–Crippen MR) is 121 cm³/mol. The Balaban J connectivity index is 1.33. The average Bonchev–Trinajstić information content (AvgIpc) is 3.25. The first-order valence-corrected chi connectivity index (χ1v) is 10.9. The largest absolute Gasteiger partial charge is 0.423 e. The molecule has 3 aromatic rings. The van der Waals surface area contributed by atoms with E-state index in [1.807, 2.05) is 13.0 Å². The second-order valence-corrected chi connectivity index (χ2v) is 8.57. The number of halogens is 2. The Labute approximate surface area is 190 Å². The summed E-state index contributed by atoms with van der Waals surface area (Å²) in [6.07, 6.45) is 5.41. The van der Waals surface area contributed by atoms with E-state index in [2.05, 4.69) is 30.3 Å². The van der Waals surface area contributed by atoms with Crippen molar-refractivity contribution in [2.45, 2.75) is 25.8 Å². The van der Waals surface area contributed by atoms with Crippen LogP contribution in [0.15, 0.2) is 43.0 Å². The molecule has 10 heteroatoms. The molecular formula is C22H23ClFN7O. The van der Waals surface area contributed by atoms with Gasteiger partial charge in [-0.2, -0.15) is 9.67 Å². The molecule has 0 radical (unpaired) electrons. The summed E-state index contributed by atoms with van der Waals surface area (Å²) in [6, 6.07) is 9.43. The van der Waals surface area contributed by atoms with Crippen molar-refractivity contribution in [2.75, 3.05) is 23.3 Å².